The number of rotatable bonds is 5. The third kappa shape index (κ3) is 4.69. The number of alkyl halides is 1. The molecule has 9 nitrogen and oxygen atoms in total. The van der Waals surface area contributed by atoms with Crippen LogP contribution in [0.2, 0.25) is 0 Å². The lowest BCUT2D eigenvalue weighted by Crippen LogP contribution is -2.42. The molecule has 2 aromatic carbocycles. The number of amides is 2. The molecule has 2 heterocycles. The van der Waals surface area contributed by atoms with Crippen molar-refractivity contribution in [2.75, 3.05) is 18.4 Å². The molecule has 0 unspecified atom stereocenters. The fraction of sp³-hybridized carbons (Fsp3) is 0.273. The topological polar surface area (TPSA) is 114 Å². The van der Waals surface area contributed by atoms with E-state index in [-0.39, 0.29) is 47.6 Å². The summed E-state index contributed by atoms with van der Waals surface area (Å²) in [5.41, 5.74) is -0.0895. The minimum atomic E-state index is -1.29. The number of piperidine rings is 1. The summed E-state index contributed by atoms with van der Waals surface area (Å²) in [5, 5.41) is 11.6. The first-order valence-corrected chi connectivity index (χ1v) is 10.1. The lowest BCUT2D eigenvalue weighted by molar-refractivity contribution is -0.133. The van der Waals surface area contributed by atoms with Crippen LogP contribution in [0.3, 0.4) is 0 Å². The molecule has 1 aliphatic rings. The van der Waals surface area contributed by atoms with E-state index >= 15 is 0 Å². The summed E-state index contributed by atoms with van der Waals surface area (Å²) in [6, 6.07) is 11.5. The summed E-state index contributed by atoms with van der Waals surface area (Å²) >= 11 is 0. The van der Waals surface area contributed by atoms with E-state index in [0.29, 0.717) is 18.8 Å². The number of carboxylic acid groups (broad SMARTS) is 1. The molecule has 0 aliphatic carbocycles. The van der Waals surface area contributed by atoms with Crippen LogP contribution < -0.4 is 15.6 Å². The van der Waals surface area contributed by atoms with Gasteiger partial charge in [0.25, 0.3) is 5.56 Å². The van der Waals surface area contributed by atoms with Crippen molar-refractivity contribution in [3.8, 4) is 11.5 Å². The van der Waals surface area contributed by atoms with Crippen molar-refractivity contribution in [2.45, 2.75) is 25.6 Å². The molecule has 3 aromatic rings. The van der Waals surface area contributed by atoms with Gasteiger partial charge in [-0.15, -0.1) is 0 Å². The van der Waals surface area contributed by atoms with Crippen LogP contribution >= 0.6 is 0 Å². The van der Waals surface area contributed by atoms with Crippen LogP contribution in [0.15, 0.2) is 53.6 Å². The molecule has 0 atom stereocenters. The second-order valence-electron chi connectivity index (χ2n) is 7.44. The number of nitrogens with zero attached hydrogens (tertiary/aromatic N) is 3. The maximum absolute atomic E-state index is 13.3. The maximum atomic E-state index is 13.3. The van der Waals surface area contributed by atoms with Gasteiger partial charge in [0, 0.05) is 13.1 Å². The van der Waals surface area contributed by atoms with Gasteiger partial charge in [-0.2, -0.15) is 0 Å². The Labute approximate surface area is 182 Å². The highest BCUT2D eigenvalue weighted by molar-refractivity contribution is 5.92. The number of likely N-dealkylation sites (tertiary alicyclic amines) is 1. The molecule has 1 fully saturated rings. The Kier molecular flexibility index (Phi) is 6.02. The van der Waals surface area contributed by atoms with Crippen molar-refractivity contribution in [2.24, 2.45) is 0 Å². The fourth-order valence-electron chi connectivity index (χ4n) is 3.55. The van der Waals surface area contributed by atoms with Crippen molar-refractivity contribution in [3.05, 3.63) is 59.1 Å². The van der Waals surface area contributed by atoms with Crippen LogP contribution in [-0.4, -0.2) is 50.8 Å². The minimum Gasteiger partial charge on any atom is -0.465 e. The number of ether oxygens (including phenoxy) is 1. The first-order chi connectivity index (χ1) is 15.4. The summed E-state index contributed by atoms with van der Waals surface area (Å²) in [6.45, 7) is 0.410. The number of carbonyl (C=O) groups is 2. The Balaban J connectivity index is 1.67. The Morgan fingerprint density at radius 1 is 1.19 bits per heavy atom. The monoisotopic (exact) mass is 440 g/mol. The molecule has 32 heavy (non-hydrogen) atoms. The third-order valence-electron chi connectivity index (χ3n) is 5.22. The van der Waals surface area contributed by atoms with E-state index in [4.69, 9.17) is 9.84 Å². The number of para-hydroxylation sites is 1. The summed E-state index contributed by atoms with van der Waals surface area (Å²) in [7, 11) is 0. The fourth-order valence-corrected chi connectivity index (χ4v) is 3.55. The van der Waals surface area contributed by atoms with Gasteiger partial charge in [-0.05, 0) is 37.1 Å². The Morgan fingerprint density at radius 2 is 1.91 bits per heavy atom. The summed E-state index contributed by atoms with van der Waals surface area (Å²) in [6.07, 6.45) is -0.377. The zero-order chi connectivity index (χ0) is 22.7. The van der Waals surface area contributed by atoms with Gasteiger partial charge in [-0.1, -0.05) is 18.2 Å². The van der Waals surface area contributed by atoms with E-state index in [1.54, 1.807) is 30.3 Å². The van der Waals surface area contributed by atoms with Gasteiger partial charge in [0.15, 0.2) is 5.75 Å². The van der Waals surface area contributed by atoms with Crippen LogP contribution in [0.25, 0.3) is 10.9 Å². The van der Waals surface area contributed by atoms with Crippen molar-refractivity contribution in [1.82, 2.24) is 14.5 Å². The van der Waals surface area contributed by atoms with Crippen molar-refractivity contribution in [1.29, 1.82) is 0 Å². The molecule has 0 spiro atoms. The molecule has 1 saturated heterocycles. The molecule has 0 radical (unpaired) electrons. The number of hydrogen-bond acceptors (Lipinski definition) is 5. The molecule has 1 aliphatic heterocycles. The van der Waals surface area contributed by atoms with Gasteiger partial charge in [-0.25, -0.2) is 14.2 Å². The van der Waals surface area contributed by atoms with Crippen molar-refractivity contribution < 1.29 is 23.8 Å². The second-order valence-corrected chi connectivity index (χ2v) is 7.44. The van der Waals surface area contributed by atoms with Crippen LogP contribution in [0.4, 0.5) is 14.9 Å². The minimum absolute atomic E-state index is 0.124. The highest BCUT2D eigenvalue weighted by Crippen LogP contribution is 2.32. The standard InChI is InChI=1S/C22H21FN4O5/c23-14-6-8-26(9-7-14)20(28)12-27-13-24-17-11-18(25-22(30)31)19(10-16(17)21(27)29)32-15-4-2-1-3-5-15/h1-5,10-11,13-14,25H,6-9,12H2,(H,30,31). The Hall–Kier alpha value is -3.95. The van der Waals surface area contributed by atoms with Gasteiger partial charge in [0.2, 0.25) is 5.91 Å². The predicted octanol–water partition coefficient (Wildman–Crippen LogP) is 3.24. The zero-order valence-corrected chi connectivity index (χ0v) is 17.0. The highest BCUT2D eigenvalue weighted by Gasteiger charge is 2.23. The summed E-state index contributed by atoms with van der Waals surface area (Å²) in [4.78, 5) is 42.6. The van der Waals surface area contributed by atoms with Gasteiger partial charge in [-0.3, -0.25) is 19.5 Å². The number of halogens is 1. The molecule has 2 amide bonds. The number of aromatic nitrogens is 2. The molecule has 0 saturated carbocycles. The lowest BCUT2D eigenvalue weighted by atomic mass is 10.1. The van der Waals surface area contributed by atoms with Crippen LogP contribution in [0.1, 0.15) is 12.8 Å². The molecule has 166 valence electrons. The first-order valence-electron chi connectivity index (χ1n) is 10.1. The van der Waals surface area contributed by atoms with Crippen LogP contribution in [0.5, 0.6) is 11.5 Å². The highest BCUT2D eigenvalue weighted by atomic mass is 19.1. The first kappa shape index (κ1) is 21.3. The van der Waals surface area contributed by atoms with Crippen molar-refractivity contribution >= 4 is 28.6 Å². The number of carbonyl (C=O) groups excluding carboxylic acids is 1. The molecule has 10 heteroatoms. The normalized spacial score (nSPS) is 14.3. The number of nitrogens with one attached hydrogen (secondary N) is 1. The maximum Gasteiger partial charge on any atom is 0.409 e. The largest absolute Gasteiger partial charge is 0.465 e. The second kappa shape index (κ2) is 9.04. The van der Waals surface area contributed by atoms with Crippen LogP contribution in [0, 0.1) is 0 Å². The van der Waals surface area contributed by atoms with E-state index < -0.39 is 17.8 Å². The summed E-state index contributed by atoms with van der Waals surface area (Å²) < 4.78 is 20.3. The van der Waals surface area contributed by atoms with E-state index in [1.165, 1.54) is 27.9 Å². The molecule has 0 bridgehead atoms. The SMILES string of the molecule is O=C(O)Nc1cc2ncn(CC(=O)N3CCC(F)CC3)c(=O)c2cc1Oc1ccccc1. The Morgan fingerprint density at radius 3 is 2.59 bits per heavy atom. The number of anilines is 1. The van der Waals surface area contributed by atoms with E-state index in [0.717, 1.165) is 0 Å². The molecule has 4 rings (SSSR count). The smallest absolute Gasteiger partial charge is 0.409 e. The number of fused-ring (bicyclic) bond motifs is 1. The number of benzene rings is 2. The van der Waals surface area contributed by atoms with Gasteiger partial charge >= 0.3 is 6.09 Å². The molecular formula is C22H21FN4O5. The van der Waals surface area contributed by atoms with Crippen LogP contribution in [-0.2, 0) is 11.3 Å². The average Bonchev–Trinajstić information content (AvgIpc) is 2.77. The van der Waals surface area contributed by atoms with Gasteiger partial charge < -0.3 is 14.7 Å². The average molecular weight is 440 g/mol. The van der Waals surface area contributed by atoms with E-state index in [9.17, 15) is 18.8 Å². The van der Waals surface area contributed by atoms with E-state index in [2.05, 4.69) is 10.3 Å². The zero-order valence-electron chi connectivity index (χ0n) is 17.0. The van der Waals surface area contributed by atoms with Gasteiger partial charge in [0.1, 0.15) is 18.5 Å². The predicted molar refractivity (Wildman–Crippen MR) is 115 cm³/mol. The Bertz CT molecular complexity index is 1210. The molecule has 1 aromatic heterocycles. The molecule has 2 N–H and O–H groups in total. The van der Waals surface area contributed by atoms with E-state index in [1.807, 2.05) is 0 Å². The quantitative estimate of drug-likeness (QED) is 0.630. The van der Waals surface area contributed by atoms with Gasteiger partial charge in [0.05, 0.1) is 22.9 Å². The molecular weight excluding hydrogens is 419 g/mol. The number of hydrogen-bond donors (Lipinski definition) is 2. The third-order valence-corrected chi connectivity index (χ3v) is 5.22. The van der Waals surface area contributed by atoms with Crippen molar-refractivity contribution in [3.63, 3.8) is 0 Å². The lowest BCUT2D eigenvalue weighted by Gasteiger charge is -2.28. The summed E-state index contributed by atoms with van der Waals surface area (Å²) in [5.74, 6) is 0.292.